The molecule has 0 aliphatic rings. The highest BCUT2D eigenvalue weighted by Gasteiger charge is 2.25. The molecule has 0 atom stereocenters. The molecule has 0 aliphatic heterocycles. The van der Waals surface area contributed by atoms with Crippen LogP contribution in [0.25, 0.3) is 10.9 Å². The van der Waals surface area contributed by atoms with Gasteiger partial charge in [0.1, 0.15) is 4.90 Å². The van der Waals surface area contributed by atoms with E-state index in [-0.39, 0.29) is 15.5 Å². The fourth-order valence-electron chi connectivity index (χ4n) is 2.49. The minimum Gasteiger partial charge on any atom is -0.372 e. The number of nitrogens with zero attached hydrogens (tertiary/aromatic N) is 3. The first-order valence-corrected chi connectivity index (χ1v) is 10.2. The maximum Gasteiger partial charge on any atom is 0.341 e. The zero-order chi connectivity index (χ0) is 21.7. The molecule has 0 saturated carbocycles. The summed E-state index contributed by atoms with van der Waals surface area (Å²) in [5.74, 6) is -0.427. The van der Waals surface area contributed by atoms with Crippen molar-refractivity contribution >= 4 is 50.3 Å². The second-order valence-corrected chi connectivity index (χ2v) is 7.73. The number of hydrogen-bond acceptors (Lipinski definition) is 8. The van der Waals surface area contributed by atoms with E-state index in [0.717, 1.165) is 6.07 Å². The SMILES string of the molecule is CNC(=S)N/N=C/c1ccc(OS(=O)(=O)c2cccc3cccnc23)c([N+](=O)[O-])c1. The Hall–Kier alpha value is -3.64. The molecule has 0 spiro atoms. The number of nitrogens with one attached hydrogen (secondary N) is 2. The van der Waals surface area contributed by atoms with Crippen molar-refractivity contribution in [2.75, 3.05) is 7.05 Å². The number of aromatic nitrogens is 1. The lowest BCUT2D eigenvalue weighted by Crippen LogP contribution is -2.28. The molecule has 3 rings (SSSR count). The third-order valence-corrected chi connectivity index (χ3v) is 5.41. The number of nitro groups is 1. The van der Waals surface area contributed by atoms with Crippen LogP contribution in [0.5, 0.6) is 5.75 Å². The molecular formula is C18H15N5O5S2. The van der Waals surface area contributed by atoms with Gasteiger partial charge in [-0.05, 0) is 36.5 Å². The maximum atomic E-state index is 12.8. The van der Waals surface area contributed by atoms with Gasteiger partial charge >= 0.3 is 15.8 Å². The number of thiocarbonyl (C=S) groups is 1. The van der Waals surface area contributed by atoms with Crippen molar-refractivity contribution in [2.24, 2.45) is 5.10 Å². The molecule has 2 aromatic carbocycles. The van der Waals surface area contributed by atoms with Gasteiger partial charge in [-0.1, -0.05) is 18.2 Å². The highest BCUT2D eigenvalue weighted by atomic mass is 32.2. The Bertz CT molecular complexity index is 1260. The molecule has 0 aliphatic carbocycles. The van der Waals surface area contributed by atoms with E-state index < -0.39 is 26.5 Å². The molecule has 12 heteroatoms. The lowest BCUT2D eigenvalue weighted by molar-refractivity contribution is -0.385. The van der Waals surface area contributed by atoms with E-state index in [9.17, 15) is 18.5 Å². The Morgan fingerprint density at radius 3 is 2.77 bits per heavy atom. The maximum absolute atomic E-state index is 12.8. The van der Waals surface area contributed by atoms with Gasteiger partial charge in [-0.2, -0.15) is 13.5 Å². The van der Waals surface area contributed by atoms with Gasteiger partial charge in [0.15, 0.2) is 5.11 Å². The number of para-hydroxylation sites is 1. The van der Waals surface area contributed by atoms with Crippen LogP contribution in [0, 0.1) is 10.1 Å². The number of nitro benzene ring substituents is 1. The summed E-state index contributed by atoms with van der Waals surface area (Å²) in [6.45, 7) is 0. The summed E-state index contributed by atoms with van der Waals surface area (Å²) in [6.07, 6.45) is 2.75. The molecule has 10 nitrogen and oxygen atoms in total. The van der Waals surface area contributed by atoms with E-state index in [1.807, 2.05) is 0 Å². The van der Waals surface area contributed by atoms with Gasteiger partial charge in [0, 0.05) is 30.3 Å². The quantitative estimate of drug-likeness (QED) is 0.193. The van der Waals surface area contributed by atoms with Crippen molar-refractivity contribution in [3.63, 3.8) is 0 Å². The van der Waals surface area contributed by atoms with Crippen LogP contribution < -0.4 is 14.9 Å². The molecule has 1 heterocycles. The predicted octanol–water partition coefficient (Wildman–Crippen LogP) is 2.34. The van der Waals surface area contributed by atoms with Gasteiger partial charge in [-0.3, -0.25) is 20.5 Å². The summed E-state index contributed by atoms with van der Waals surface area (Å²) in [6, 6.07) is 11.7. The molecule has 0 bridgehead atoms. The fraction of sp³-hybridized carbons (Fsp3) is 0.0556. The summed E-state index contributed by atoms with van der Waals surface area (Å²) in [7, 11) is -2.77. The summed E-state index contributed by atoms with van der Waals surface area (Å²) < 4.78 is 30.7. The number of hydrogen-bond donors (Lipinski definition) is 2. The minimum absolute atomic E-state index is 0.190. The molecule has 2 N–H and O–H groups in total. The van der Waals surface area contributed by atoms with E-state index in [1.54, 1.807) is 25.2 Å². The third kappa shape index (κ3) is 4.67. The summed E-state index contributed by atoms with van der Waals surface area (Å²) in [5.41, 5.74) is 2.52. The van der Waals surface area contributed by atoms with Crippen LogP contribution in [0.15, 0.2) is 64.7 Å². The summed E-state index contributed by atoms with van der Waals surface area (Å²) in [5, 5.41) is 18.8. The number of benzene rings is 2. The van der Waals surface area contributed by atoms with Crippen molar-refractivity contribution in [2.45, 2.75) is 4.90 Å². The molecular weight excluding hydrogens is 430 g/mol. The normalized spacial score (nSPS) is 11.4. The van der Waals surface area contributed by atoms with Crippen LogP contribution in [0.2, 0.25) is 0 Å². The fourth-order valence-corrected chi connectivity index (χ4v) is 3.66. The van der Waals surface area contributed by atoms with Crippen LogP contribution in [0.1, 0.15) is 5.56 Å². The summed E-state index contributed by atoms with van der Waals surface area (Å²) in [4.78, 5) is 14.6. The third-order valence-electron chi connectivity index (χ3n) is 3.85. The van der Waals surface area contributed by atoms with Gasteiger partial charge < -0.3 is 9.50 Å². The Kier molecular flexibility index (Phi) is 6.18. The Morgan fingerprint density at radius 1 is 1.27 bits per heavy atom. The monoisotopic (exact) mass is 445 g/mol. The van der Waals surface area contributed by atoms with Crippen molar-refractivity contribution in [3.05, 3.63) is 70.4 Å². The molecule has 0 radical (unpaired) electrons. The smallest absolute Gasteiger partial charge is 0.341 e. The Balaban J connectivity index is 1.95. The zero-order valence-electron chi connectivity index (χ0n) is 15.5. The number of fused-ring (bicyclic) bond motifs is 1. The van der Waals surface area contributed by atoms with Crippen molar-refractivity contribution in [1.29, 1.82) is 0 Å². The highest BCUT2D eigenvalue weighted by molar-refractivity contribution is 7.87. The van der Waals surface area contributed by atoms with Gasteiger partial charge in [0.2, 0.25) is 5.75 Å². The molecule has 1 aromatic heterocycles. The van der Waals surface area contributed by atoms with Gasteiger partial charge in [0.05, 0.1) is 16.7 Å². The van der Waals surface area contributed by atoms with Crippen LogP contribution in [0.4, 0.5) is 5.69 Å². The van der Waals surface area contributed by atoms with Gasteiger partial charge in [-0.25, -0.2) is 0 Å². The molecule has 0 fully saturated rings. The topological polar surface area (TPSA) is 136 Å². The second-order valence-electron chi connectivity index (χ2n) is 5.80. The van der Waals surface area contributed by atoms with Gasteiger partial charge in [0.25, 0.3) is 0 Å². The minimum atomic E-state index is -4.38. The average Bonchev–Trinajstić information content (AvgIpc) is 2.73. The molecule has 3 aromatic rings. The molecule has 0 saturated heterocycles. The first-order chi connectivity index (χ1) is 14.3. The first-order valence-electron chi connectivity index (χ1n) is 8.39. The van der Waals surface area contributed by atoms with Crippen LogP contribution in [0.3, 0.4) is 0 Å². The van der Waals surface area contributed by atoms with Crippen molar-refractivity contribution < 1.29 is 17.5 Å². The van der Waals surface area contributed by atoms with E-state index in [4.69, 9.17) is 16.4 Å². The summed E-state index contributed by atoms with van der Waals surface area (Å²) >= 11 is 4.86. The van der Waals surface area contributed by atoms with E-state index in [2.05, 4.69) is 20.8 Å². The predicted molar refractivity (Wildman–Crippen MR) is 115 cm³/mol. The van der Waals surface area contributed by atoms with Gasteiger partial charge in [-0.15, -0.1) is 0 Å². The standard InChI is InChI=1S/C18H15N5O5S2/c1-19-18(29)22-21-11-12-7-8-15(14(10-12)23(24)25)28-30(26,27)16-6-2-4-13-5-3-9-20-17(13)16/h2-11H,1H3,(H2,19,22,29)/b21-11+. The number of hydrazone groups is 1. The largest absolute Gasteiger partial charge is 0.372 e. The van der Waals surface area contributed by atoms with E-state index >= 15 is 0 Å². The number of pyridine rings is 1. The van der Waals surface area contributed by atoms with Crippen LogP contribution in [-0.4, -0.2) is 36.7 Å². The first kappa shape index (κ1) is 21.1. The molecule has 0 unspecified atom stereocenters. The van der Waals surface area contributed by atoms with Crippen LogP contribution >= 0.6 is 12.2 Å². The Labute approximate surface area is 176 Å². The second kappa shape index (κ2) is 8.80. The van der Waals surface area contributed by atoms with E-state index in [0.29, 0.717) is 10.9 Å². The average molecular weight is 445 g/mol. The van der Waals surface area contributed by atoms with E-state index in [1.165, 1.54) is 36.7 Å². The lowest BCUT2D eigenvalue weighted by Gasteiger charge is -2.09. The molecule has 154 valence electrons. The Morgan fingerprint density at radius 2 is 2.03 bits per heavy atom. The molecule has 0 amide bonds. The number of rotatable bonds is 6. The van der Waals surface area contributed by atoms with Crippen molar-refractivity contribution in [1.82, 2.24) is 15.7 Å². The van der Waals surface area contributed by atoms with Crippen LogP contribution in [-0.2, 0) is 10.1 Å². The highest BCUT2D eigenvalue weighted by Crippen LogP contribution is 2.31. The van der Waals surface area contributed by atoms with Crippen molar-refractivity contribution in [3.8, 4) is 5.75 Å². The lowest BCUT2D eigenvalue weighted by atomic mass is 10.2. The molecule has 30 heavy (non-hydrogen) atoms. The zero-order valence-corrected chi connectivity index (χ0v) is 17.1.